The first-order valence-electron chi connectivity index (χ1n) is 13.9. The van der Waals surface area contributed by atoms with Crippen molar-refractivity contribution >= 4 is 10.4 Å². The van der Waals surface area contributed by atoms with E-state index in [0.717, 1.165) is 32.1 Å². The Labute approximate surface area is 214 Å². The number of rotatable bonds is 7. The predicted octanol–water partition coefficient (Wildman–Crippen LogP) is 8.08. The summed E-state index contributed by atoms with van der Waals surface area (Å²) in [5, 5.41) is 0. The molecule has 4 nitrogen and oxygen atoms in total. The molecule has 1 unspecified atom stereocenters. The summed E-state index contributed by atoms with van der Waals surface area (Å²) in [4.78, 5) is 0. The summed E-state index contributed by atoms with van der Waals surface area (Å²) in [6.45, 7) is 20.5. The van der Waals surface area contributed by atoms with E-state index in [0.29, 0.717) is 30.1 Å². The molecule has 0 amide bonds. The van der Waals surface area contributed by atoms with Crippen LogP contribution in [-0.4, -0.2) is 19.1 Å². The zero-order valence-corrected chi connectivity index (χ0v) is 23.9. The van der Waals surface area contributed by atoms with Crippen LogP contribution in [-0.2, 0) is 14.6 Å². The second-order valence-corrected chi connectivity index (χ2v) is 14.6. The van der Waals surface area contributed by atoms with Crippen molar-refractivity contribution < 1.29 is 17.2 Å². The molecule has 4 aliphatic carbocycles. The molecule has 4 aliphatic rings. The van der Waals surface area contributed by atoms with Crippen LogP contribution < -0.4 is 0 Å². The quantitative estimate of drug-likeness (QED) is 0.281. The van der Waals surface area contributed by atoms with Crippen LogP contribution in [0.5, 0.6) is 0 Å². The van der Waals surface area contributed by atoms with E-state index in [-0.39, 0.29) is 16.2 Å². The highest BCUT2D eigenvalue weighted by Gasteiger charge is 2.58. The number of allylic oxidation sites excluding steroid dienone is 5. The first kappa shape index (κ1) is 27.1. The fraction of sp³-hybridized carbons (Fsp3) is 0.800. The summed E-state index contributed by atoms with van der Waals surface area (Å²) in [6.07, 6.45) is 11.7. The van der Waals surface area contributed by atoms with Crippen LogP contribution in [0, 0.1) is 39.9 Å². The summed E-state index contributed by atoms with van der Waals surface area (Å²) in [6, 6.07) is 0. The lowest BCUT2D eigenvalue weighted by atomic mass is 9.46. The molecule has 0 spiro atoms. The van der Waals surface area contributed by atoms with Crippen molar-refractivity contribution in [1.29, 1.82) is 0 Å². The lowest BCUT2D eigenvalue weighted by Crippen LogP contribution is -2.54. The van der Waals surface area contributed by atoms with Crippen LogP contribution in [0.3, 0.4) is 0 Å². The maximum absolute atomic E-state index is 11.5. The van der Waals surface area contributed by atoms with E-state index in [1.54, 1.807) is 16.7 Å². The highest BCUT2D eigenvalue weighted by atomic mass is 32.3. The average molecular weight is 505 g/mol. The molecular weight excluding hydrogens is 456 g/mol. The number of hydrogen-bond donors (Lipinski definition) is 1. The summed E-state index contributed by atoms with van der Waals surface area (Å²) < 4.78 is 37.6. The molecule has 0 aliphatic heterocycles. The molecule has 6 atom stereocenters. The molecule has 4 rings (SSSR count). The molecule has 0 aromatic rings. The normalized spacial score (nSPS) is 37.4. The maximum Gasteiger partial charge on any atom is 0.397 e. The molecule has 35 heavy (non-hydrogen) atoms. The first-order chi connectivity index (χ1) is 16.1. The number of hydrogen-bond acceptors (Lipinski definition) is 3. The Kier molecular flexibility index (Phi) is 7.08. The van der Waals surface area contributed by atoms with Crippen molar-refractivity contribution in [2.24, 2.45) is 39.9 Å². The fourth-order valence-electron chi connectivity index (χ4n) is 8.78. The molecule has 0 aromatic carbocycles. The molecule has 1 saturated carbocycles. The first-order valence-corrected chi connectivity index (χ1v) is 15.2. The van der Waals surface area contributed by atoms with Gasteiger partial charge in [0, 0.05) is 0 Å². The van der Waals surface area contributed by atoms with Crippen molar-refractivity contribution in [1.82, 2.24) is 0 Å². The van der Waals surface area contributed by atoms with E-state index in [2.05, 4.69) is 61.1 Å². The second-order valence-electron chi connectivity index (χ2n) is 13.5. The predicted molar refractivity (Wildman–Crippen MR) is 143 cm³/mol. The highest BCUT2D eigenvalue weighted by Crippen LogP contribution is 2.67. The van der Waals surface area contributed by atoms with E-state index >= 15 is 0 Å². The van der Waals surface area contributed by atoms with E-state index in [9.17, 15) is 13.0 Å². The number of fused-ring (bicyclic) bond motifs is 4. The fourth-order valence-corrected chi connectivity index (χ4v) is 9.42. The minimum atomic E-state index is -4.45. The molecule has 0 saturated heterocycles. The molecule has 0 bridgehead atoms. The SMILES string of the molecule is C=C(CC[C@@H](C)[C@H]1CC=C2C3=C(CC[C@@]21C)[C@@]1(C)CC[C@H](OS(=O)(=O)O)C(C)(C)C1CC3)C(C)C. The van der Waals surface area contributed by atoms with Gasteiger partial charge < -0.3 is 0 Å². The summed E-state index contributed by atoms with van der Waals surface area (Å²) in [5.41, 5.74) is 6.29. The largest absolute Gasteiger partial charge is 0.397 e. The van der Waals surface area contributed by atoms with Gasteiger partial charge in [0.05, 0.1) is 6.10 Å². The van der Waals surface area contributed by atoms with Crippen LogP contribution in [0.2, 0.25) is 0 Å². The van der Waals surface area contributed by atoms with Gasteiger partial charge in [-0.1, -0.05) is 72.3 Å². The monoisotopic (exact) mass is 504 g/mol. The zero-order chi connectivity index (χ0) is 26.0. The third-order valence-electron chi connectivity index (χ3n) is 11.1. The van der Waals surface area contributed by atoms with Gasteiger partial charge in [0.1, 0.15) is 0 Å². The van der Waals surface area contributed by atoms with Gasteiger partial charge in [-0.25, -0.2) is 4.18 Å². The lowest BCUT2D eigenvalue weighted by molar-refractivity contribution is -0.0794. The van der Waals surface area contributed by atoms with Gasteiger partial charge in [-0.2, -0.15) is 8.42 Å². The smallest absolute Gasteiger partial charge is 0.264 e. The van der Waals surface area contributed by atoms with Gasteiger partial charge in [-0.05, 0) is 109 Å². The lowest BCUT2D eigenvalue weighted by Gasteiger charge is -2.59. The third-order valence-corrected chi connectivity index (χ3v) is 11.5. The standard InChI is InChI=1S/C30H48O4S/c1-19(2)20(3)9-10-21(4)23-12-13-24-22-11-14-26-28(5,6)27(34-35(31,32)33)16-18-30(26,8)25(22)15-17-29(23,24)7/h13,19,21,23,26-27H,3,9-12,14-18H2,1-2,4-8H3,(H,31,32,33)/t21-,23-,26?,27+,29-,30-/m1/s1. The second kappa shape index (κ2) is 9.13. The summed E-state index contributed by atoms with van der Waals surface area (Å²) in [7, 11) is -4.45. The van der Waals surface area contributed by atoms with Crippen molar-refractivity contribution in [2.75, 3.05) is 0 Å². The molecule has 0 heterocycles. The Balaban J connectivity index is 1.57. The Bertz CT molecular complexity index is 1030. The summed E-state index contributed by atoms with van der Waals surface area (Å²) >= 11 is 0. The van der Waals surface area contributed by atoms with Crippen LogP contribution >= 0.6 is 0 Å². The van der Waals surface area contributed by atoms with Gasteiger partial charge in [0.25, 0.3) is 0 Å². The molecule has 0 radical (unpaired) electrons. The van der Waals surface area contributed by atoms with Crippen molar-refractivity contribution in [3.05, 3.63) is 34.9 Å². The van der Waals surface area contributed by atoms with Crippen molar-refractivity contribution in [2.45, 2.75) is 112 Å². The van der Waals surface area contributed by atoms with E-state index < -0.39 is 16.5 Å². The van der Waals surface area contributed by atoms with Gasteiger partial charge >= 0.3 is 10.4 Å². The minimum Gasteiger partial charge on any atom is -0.264 e. The van der Waals surface area contributed by atoms with Crippen molar-refractivity contribution in [3.8, 4) is 0 Å². The zero-order valence-electron chi connectivity index (χ0n) is 23.1. The van der Waals surface area contributed by atoms with Gasteiger partial charge in [0.15, 0.2) is 0 Å². The van der Waals surface area contributed by atoms with E-state index in [1.165, 1.54) is 24.8 Å². The van der Waals surface area contributed by atoms with E-state index in [1.807, 2.05) is 0 Å². The van der Waals surface area contributed by atoms with E-state index in [4.69, 9.17) is 4.18 Å². The molecule has 198 valence electrons. The van der Waals surface area contributed by atoms with Gasteiger partial charge in [0.2, 0.25) is 0 Å². The van der Waals surface area contributed by atoms with Crippen LogP contribution in [0.4, 0.5) is 0 Å². The maximum atomic E-state index is 11.5. The summed E-state index contributed by atoms with van der Waals surface area (Å²) in [5.74, 6) is 2.30. The van der Waals surface area contributed by atoms with Crippen LogP contribution in [0.1, 0.15) is 106 Å². The molecule has 5 heteroatoms. The molecular formula is C30H48O4S. The molecule has 1 fully saturated rings. The average Bonchev–Trinajstić information content (AvgIpc) is 3.10. The minimum absolute atomic E-state index is 0.0665. The highest BCUT2D eigenvalue weighted by molar-refractivity contribution is 7.80. The Hall–Kier alpha value is -0.910. The van der Waals surface area contributed by atoms with Crippen LogP contribution in [0.15, 0.2) is 34.9 Å². The Morgan fingerprint density at radius 3 is 2.43 bits per heavy atom. The third kappa shape index (κ3) is 4.63. The van der Waals surface area contributed by atoms with Gasteiger partial charge in [-0.15, -0.1) is 0 Å². The molecule has 1 N–H and O–H groups in total. The molecule has 0 aromatic heterocycles. The van der Waals surface area contributed by atoms with Crippen LogP contribution in [0.25, 0.3) is 0 Å². The van der Waals surface area contributed by atoms with Crippen molar-refractivity contribution in [3.63, 3.8) is 0 Å². The Morgan fingerprint density at radius 2 is 1.80 bits per heavy atom. The Morgan fingerprint density at radius 1 is 1.11 bits per heavy atom. The topological polar surface area (TPSA) is 63.6 Å². The van der Waals surface area contributed by atoms with Gasteiger partial charge in [-0.3, -0.25) is 4.55 Å².